The third kappa shape index (κ3) is 26.2. The van der Waals surface area contributed by atoms with E-state index in [4.69, 9.17) is 57.9 Å². The number of benzene rings is 5. The quantitative estimate of drug-likeness (QED) is 0.0201. The Morgan fingerprint density at radius 1 is 0.533 bits per heavy atom. The van der Waals surface area contributed by atoms with Crippen LogP contribution < -0.4 is 55.7 Å². The Bertz CT molecular complexity index is 4190. The average Bonchev–Trinajstić information content (AvgIpc) is 0.822. The maximum Gasteiger partial charge on any atom is 0.247 e. The lowest BCUT2D eigenvalue weighted by Gasteiger charge is -2.28. The van der Waals surface area contributed by atoms with Crippen molar-refractivity contribution in [2.24, 2.45) is 0 Å². The number of halogens is 3. The number of aromatic nitrogens is 3. The number of hydrogen-bond acceptors (Lipinski definition) is 22. The lowest BCUT2D eigenvalue weighted by atomic mass is 10.0. The van der Waals surface area contributed by atoms with E-state index in [0.717, 1.165) is 119 Å². The summed E-state index contributed by atoms with van der Waals surface area (Å²) in [6.07, 6.45) is 7.08. The first-order valence-corrected chi connectivity index (χ1v) is 35.3. The van der Waals surface area contributed by atoms with Crippen molar-refractivity contribution in [2.75, 3.05) is 208 Å². The second kappa shape index (κ2) is 42.6. The maximum absolute atomic E-state index is 13.3. The van der Waals surface area contributed by atoms with E-state index in [-0.39, 0.29) is 23.4 Å². The zero-order valence-corrected chi connectivity index (χ0v) is 63.7. The molecule has 0 saturated carbocycles. The number of nitrogens with one attached hydrogen (secondary N) is 3. The highest BCUT2D eigenvalue weighted by molar-refractivity contribution is 9.10. The molecule has 0 spiro atoms. The van der Waals surface area contributed by atoms with Gasteiger partial charge in [0.25, 0.3) is 0 Å². The number of ketones is 2. The Morgan fingerprint density at radius 2 is 0.933 bits per heavy atom. The number of likely N-dealkylation sites (N-methyl/N-ethyl adjacent to an activating group) is 4. The number of nitrogens with two attached hydrogens (primary N) is 1. The molecule has 6 heterocycles. The molecule has 2 amide bonds. The number of pyridine rings is 3. The van der Waals surface area contributed by atoms with Crippen LogP contribution in [0.25, 0.3) is 0 Å². The summed E-state index contributed by atoms with van der Waals surface area (Å²) < 4.78 is 28.1. The second-order valence-corrected chi connectivity index (χ2v) is 26.1. The minimum atomic E-state index is -0.325. The SMILES string of the molecule is Brc1ccc(N2CCOCC2)cc1.C=CC(=O)Nc1cc(N)c(OC)cc1N(C)CCN(C)C.C=CC(=O)Nc1cc(Nc2cc(C(=O)c3ccc(N4CCOCC4)cc3)ccn2)c(OC)cc1N(C)CCN(C)C.N#Cc1ccnc(Cl)c1.O=C(c1ccc(N2CCOCC2)cc1)c1ccnc(Cl)c1. The molecule has 0 radical (unpaired) electrons. The van der Waals surface area contributed by atoms with Gasteiger partial charge in [-0.25, -0.2) is 15.0 Å². The zero-order valence-electron chi connectivity index (χ0n) is 60.6. The number of nitriles is 1. The van der Waals surface area contributed by atoms with Gasteiger partial charge < -0.3 is 79.7 Å². The highest BCUT2D eigenvalue weighted by Crippen LogP contribution is 2.39. The molecule has 5 aromatic carbocycles. The number of nitrogens with zero attached hydrogens (tertiary/aromatic N) is 11. The Balaban J connectivity index is 0.000000202. The minimum Gasteiger partial charge on any atom is -0.495 e. The van der Waals surface area contributed by atoms with Gasteiger partial charge in [0.15, 0.2) is 11.6 Å². The van der Waals surface area contributed by atoms with Crippen LogP contribution >= 0.6 is 39.1 Å². The standard InChI is InChI=1S/C31H38N6O4.C16H15ClN2O2.C15H24N4O2.C10H12BrNO.C6H3ClN2/c1-6-30(38)34-25-20-26(28(40-5)21-27(25)36(4)14-13-35(2)3)33-29-19-23(11-12-32-29)31(39)22-7-9-24(10-8-22)37-15-17-41-18-16-37;17-15-11-13(5-6-18-15)16(20)12-1-3-14(4-2-12)19-7-9-21-10-8-19;1-6-15(20)17-12-9-11(16)14(21-5)10-13(12)19(4)8-7-18(2)3;11-9-1-3-10(4-2-9)12-5-7-13-8-6-12;7-6-3-5(4-8)1-2-9-6/h6-12,19-21H,1,13-18H2,2-5H3,(H,32,33)(H,34,38);1-6,11H,7-10H2;6,9-10H,1,7-8,16H2,2-5H3,(H,17,20);1-4H,5-8H2;1-3H. The number of amides is 2. The van der Waals surface area contributed by atoms with Gasteiger partial charge >= 0.3 is 0 Å². The van der Waals surface area contributed by atoms with E-state index in [9.17, 15) is 19.2 Å². The molecule has 3 aliphatic heterocycles. The van der Waals surface area contributed by atoms with Crippen molar-refractivity contribution in [3.63, 3.8) is 0 Å². The van der Waals surface area contributed by atoms with E-state index in [1.54, 1.807) is 62.9 Å². The van der Waals surface area contributed by atoms with Crippen LogP contribution in [0.1, 0.15) is 37.4 Å². The monoisotopic (exact) mass is 1530 g/mol. The minimum absolute atomic E-state index is 0.0483. The van der Waals surface area contributed by atoms with E-state index < -0.39 is 0 Å². The third-order valence-electron chi connectivity index (χ3n) is 16.5. The van der Waals surface area contributed by atoms with Crippen LogP contribution in [0, 0.1) is 11.3 Å². The summed E-state index contributed by atoms with van der Waals surface area (Å²) in [5.74, 6) is 0.855. The number of methoxy groups -OCH3 is 2. The molecule has 27 heteroatoms. The maximum atomic E-state index is 13.3. The Hall–Kier alpha value is -10.1. The van der Waals surface area contributed by atoms with Crippen molar-refractivity contribution < 1.29 is 42.9 Å². The van der Waals surface area contributed by atoms with E-state index in [1.165, 1.54) is 36.3 Å². The van der Waals surface area contributed by atoms with Gasteiger partial charge in [0.2, 0.25) is 11.8 Å². The molecule has 105 heavy (non-hydrogen) atoms. The smallest absolute Gasteiger partial charge is 0.247 e. The molecule has 0 atom stereocenters. The molecule has 0 unspecified atom stereocenters. The van der Waals surface area contributed by atoms with Gasteiger partial charge in [-0.3, -0.25) is 19.2 Å². The van der Waals surface area contributed by atoms with Crippen LogP contribution in [0.4, 0.5) is 57.0 Å². The summed E-state index contributed by atoms with van der Waals surface area (Å²) >= 11 is 14.7. The summed E-state index contributed by atoms with van der Waals surface area (Å²) in [7, 11) is 15.1. The molecule has 3 saturated heterocycles. The zero-order chi connectivity index (χ0) is 75.8. The summed E-state index contributed by atoms with van der Waals surface area (Å²) in [4.78, 5) is 76.6. The number of morpholine rings is 3. The van der Waals surface area contributed by atoms with Crippen molar-refractivity contribution in [1.29, 1.82) is 5.26 Å². The Labute approximate surface area is 634 Å². The Kier molecular flexibility index (Phi) is 33.3. The van der Waals surface area contributed by atoms with Crippen LogP contribution in [0.3, 0.4) is 0 Å². The van der Waals surface area contributed by atoms with Crippen LogP contribution in [-0.4, -0.2) is 210 Å². The number of nitrogen functional groups attached to an aromatic ring is 1. The second-order valence-electron chi connectivity index (χ2n) is 24.4. The number of rotatable bonds is 23. The highest BCUT2D eigenvalue weighted by Gasteiger charge is 2.21. The van der Waals surface area contributed by atoms with Gasteiger partial charge in [-0.2, -0.15) is 5.26 Å². The first kappa shape index (κ1) is 82.1. The number of carbonyl (C=O) groups is 4. The van der Waals surface area contributed by atoms with Crippen LogP contribution in [0.5, 0.6) is 11.5 Å². The van der Waals surface area contributed by atoms with E-state index >= 15 is 0 Å². The predicted molar refractivity (Wildman–Crippen MR) is 425 cm³/mol. The van der Waals surface area contributed by atoms with Gasteiger partial charge in [0, 0.05) is 154 Å². The van der Waals surface area contributed by atoms with E-state index in [0.29, 0.717) is 91.4 Å². The highest BCUT2D eigenvalue weighted by atomic mass is 79.9. The lowest BCUT2D eigenvalue weighted by Crippen LogP contribution is -2.36. The largest absolute Gasteiger partial charge is 0.495 e. The number of carbonyl (C=O) groups excluding carboxylic acids is 4. The fraction of sp³-hybridized carbons (Fsp3) is 0.308. The molecule has 5 N–H and O–H groups in total. The van der Waals surface area contributed by atoms with Crippen molar-refractivity contribution in [3.8, 4) is 17.6 Å². The van der Waals surface area contributed by atoms with Gasteiger partial charge in [-0.05, 0) is 162 Å². The molecule has 3 aliphatic rings. The van der Waals surface area contributed by atoms with Crippen molar-refractivity contribution in [1.82, 2.24) is 24.8 Å². The number of hydrogen-bond donors (Lipinski definition) is 4. The molecule has 3 aromatic heterocycles. The van der Waals surface area contributed by atoms with Gasteiger partial charge in [0.1, 0.15) is 27.6 Å². The average molecular weight is 1530 g/mol. The van der Waals surface area contributed by atoms with Crippen LogP contribution in [0.2, 0.25) is 10.3 Å². The summed E-state index contributed by atoms with van der Waals surface area (Å²) in [6, 6.07) is 42.6. The molecule has 0 bridgehead atoms. The first-order valence-electron chi connectivity index (χ1n) is 33.8. The molecule has 8 aromatic rings. The summed E-state index contributed by atoms with van der Waals surface area (Å²) in [5.41, 5.74) is 16.1. The molecule has 554 valence electrons. The predicted octanol–water partition coefficient (Wildman–Crippen LogP) is 12.1. The molecule has 0 aliphatic carbocycles. The van der Waals surface area contributed by atoms with Crippen LogP contribution in [-0.2, 0) is 23.8 Å². The van der Waals surface area contributed by atoms with E-state index in [2.05, 4.69) is 109 Å². The van der Waals surface area contributed by atoms with Gasteiger partial charge in [-0.15, -0.1) is 0 Å². The first-order chi connectivity index (χ1) is 50.6. The molecular weight excluding hydrogens is 1440 g/mol. The summed E-state index contributed by atoms with van der Waals surface area (Å²) in [6.45, 7) is 20.3. The molecular formula is C78H92BrCl2N15O9. The molecule has 24 nitrogen and oxygen atoms in total. The third-order valence-corrected chi connectivity index (χ3v) is 17.4. The fourth-order valence-corrected chi connectivity index (χ4v) is 11.2. The van der Waals surface area contributed by atoms with Gasteiger partial charge in [-0.1, -0.05) is 52.3 Å². The number of ether oxygens (including phenoxy) is 5. The normalized spacial score (nSPS) is 13.0. The molecule has 11 rings (SSSR count). The summed E-state index contributed by atoms with van der Waals surface area (Å²) in [5, 5.41) is 17.9. The van der Waals surface area contributed by atoms with Crippen molar-refractivity contribution in [2.45, 2.75) is 0 Å². The van der Waals surface area contributed by atoms with Crippen molar-refractivity contribution in [3.05, 3.63) is 220 Å². The lowest BCUT2D eigenvalue weighted by molar-refractivity contribution is -0.112. The Morgan fingerprint density at radius 3 is 1.33 bits per heavy atom. The fourth-order valence-electron chi connectivity index (χ4n) is 10.6. The number of anilines is 10. The molecule has 3 fully saturated rings. The van der Waals surface area contributed by atoms with Gasteiger partial charge in [0.05, 0.1) is 99.6 Å². The van der Waals surface area contributed by atoms with Crippen molar-refractivity contribution >= 4 is 120 Å². The van der Waals surface area contributed by atoms with E-state index in [1.807, 2.05) is 119 Å². The van der Waals surface area contributed by atoms with Crippen LogP contribution in [0.15, 0.2) is 182 Å². The topological polar surface area (TPSA) is 262 Å².